The minimum Gasteiger partial charge on any atom is -0.491 e. The van der Waals surface area contributed by atoms with Crippen LogP contribution >= 0.6 is 0 Å². The number of anilines is 1. The van der Waals surface area contributed by atoms with Crippen molar-refractivity contribution in [3.05, 3.63) is 23.8 Å². The number of carbonyl (C=O) groups is 3. The lowest BCUT2D eigenvalue weighted by molar-refractivity contribution is -0.136. The van der Waals surface area contributed by atoms with Crippen LogP contribution in [0, 0.1) is 11.8 Å². The van der Waals surface area contributed by atoms with Crippen LogP contribution in [0.4, 0.5) is 10.5 Å². The highest BCUT2D eigenvalue weighted by molar-refractivity contribution is 5.99. The van der Waals surface area contributed by atoms with E-state index in [-0.39, 0.29) is 48.4 Å². The number of amides is 4. The van der Waals surface area contributed by atoms with Crippen LogP contribution in [0.3, 0.4) is 0 Å². The summed E-state index contributed by atoms with van der Waals surface area (Å²) < 4.78 is 11.8. The predicted molar refractivity (Wildman–Crippen MR) is 130 cm³/mol. The summed E-state index contributed by atoms with van der Waals surface area (Å²) in [6.07, 6.45) is 2.46. The summed E-state index contributed by atoms with van der Waals surface area (Å²) in [7, 11) is 3.36. The van der Waals surface area contributed by atoms with Gasteiger partial charge in [-0.2, -0.15) is 0 Å². The van der Waals surface area contributed by atoms with Crippen LogP contribution in [0.25, 0.3) is 0 Å². The molecule has 1 saturated carbocycles. The summed E-state index contributed by atoms with van der Waals surface area (Å²) in [5.41, 5.74) is 0.853. The first-order valence-electron chi connectivity index (χ1n) is 12.2. The minimum atomic E-state index is -0.326. The van der Waals surface area contributed by atoms with Crippen LogP contribution in [0.15, 0.2) is 18.2 Å². The highest BCUT2D eigenvalue weighted by Gasteiger charge is 2.37. The number of nitrogens with zero attached hydrogens (tertiary/aromatic N) is 2. The Labute approximate surface area is 202 Å². The Balaban J connectivity index is 1.90. The van der Waals surface area contributed by atoms with Gasteiger partial charge in [0.05, 0.1) is 17.7 Å². The molecule has 0 spiro atoms. The Kier molecular flexibility index (Phi) is 8.77. The molecule has 3 rings (SSSR count). The quantitative estimate of drug-likeness (QED) is 0.684. The third-order valence-electron chi connectivity index (χ3n) is 6.45. The number of rotatable bonds is 5. The van der Waals surface area contributed by atoms with Gasteiger partial charge in [-0.1, -0.05) is 13.8 Å². The topological polar surface area (TPSA) is 100 Å². The fourth-order valence-corrected chi connectivity index (χ4v) is 4.14. The number of methoxy groups -OCH3 is 1. The van der Waals surface area contributed by atoms with E-state index in [1.807, 2.05) is 25.7 Å². The molecule has 0 aromatic heterocycles. The Morgan fingerprint density at radius 2 is 1.94 bits per heavy atom. The molecule has 1 fully saturated rings. The van der Waals surface area contributed by atoms with Gasteiger partial charge < -0.3 is 29.9 Å². The molecule has 0 unspecified atom stereocenters. The molecule has 9 heteroatoms. The molecule has 2 aliphatic rings. The Hall–Kier alpha value is -2.81. The summed E-state index contributed by atoms with van der Waals surface area (Å²) in [5.74, 6) is 0.495. The number of ether oxygens (including phenoxy) is 2. The number of hydrogen-bond acceptors (Lipinski definition) is 5. The van der Waals surface area contributed by atoms with Gasteiger partial charge in [-0.15, -0.1) is 0 Å². The molecule has 1 heterocycles. The maximum Gasteiger partial charge on any atom is 0.319 e. The van der Waals surface area contributed by atoms with E-state index in [2.05, 4.69) is 10.6 Å². The molecular formula is C25H38N4O5. The van der Waals surface area contributed by atoms with E-state index in [4.69, 9.17) is 9.47 Å². The van der Waals surface area contributed by atoms with Crippen LogP contribution in [-0.4, -0.2) is 80.2 Å². The van der Waals surface area contributed by atoms with Crippen molar-refractivity contribution in [2.75, 3.05) is 45.7 Å². The molecule has 1 aliphatic carbocycles. The van der Waals surface area contributed by atoms with Gasteiger partial charge in [0.1, 0.15) is 12.4 Å². The first-order chi connectivity index (χ1) is 16.2. The van der Waals surface area contributed by atoms with Gasteiger partial charge >= 0.3 is 6.03 Å². The summed E-state index contributed by atoms with van der Waals surface area (Å²) in [6.45, 7) is 7.73. The van der Waals surface area contributed by atoms with Crippen molar-refractivity contribution in [3.8, 4) is 5.75 Å². The number of carbonyl (C=O) groups excluding carboxylic acids is 3. The first-order valence-corrected chi connectivity index (χ1v) is 12.2. The van der Waals surface area contributed by atoms with Crippen LogP contribution in [0.1, 0.15) is 50.4 Å². The Bertz CT molecular complexity index is 888. The summed E-state index contributed by atoms with van der Waals surface area (Å²) in [6, 6.07) is 4.55. The van der Waals surface area contributed by atoms with Crippen molar-refractivity contribution in [2.45, 2.75) is 52.2 Å². The molecule has 9 nitrogen and oxygen atoms in total. The predicted octanol–water partition coefficient (Wildman–Crippen LogP) is 2.96. The first kappa shape index (κ1) is 25.8. The van der Waals surface area contributed by atoms with Crippen molar-refractivity contribution in [3.63, 3.8) is 0 Å². The number of likely N-dealkylation sites (N-methyl/N-ethyl adjacent to an activating group) is 1. The fraction of sp³-hybridized carbons (Fsp3) is 0.640. The molecule has 188 valence electrons. The van der Waals surface area contributed by atoms with Crippen molar-refractivity contribution in [2.24, 2.45) is 11.8 Å². The highest BCUT2D eigenvalue weighted by Crippen LogP contribution is 2.33. The molecule has 4 amide bonds. The van der Waals surface area contributed by atoms with E-state index in [1.165, 1.54) is 0 Å². The molecule has 1 aliphatic heterocycles. The zero-order valence-corrected chi connectivity index (χ0v) is 20.9. The molecule has 0 radical (unpaired) electrons. The molecule has 0 saturated heterocycles. The lowest BCUT2D eigenvalue weighted by atomic mass is 10.0. The van der Waals surface area contributed by atoms with Crippen LogP contribution in [-0.2, 0) is 9.53 Å². The van der Waals surface area contributed by atoms with E-state index in [0.29, 0.717) is 36.6 Å². The lowest BCUT2D eigenvalue weighted by Crippen LogP contribution is -2.49. The third kappa shape index (κ3) is 6.40. The number of nitrogens with one attached hydrogen (secondary N) is 2. The van der Waals surface area contributed by atoms with Gasteiger partial charge in [-0.25, -0.2) is 4.79 Å². The monoisotopic (exact) mass is 474 g/mol. The summed E-state index contributed by atoms with van der Waals surface area (Å²) >= 11 is 0. The highest BCUT2D eigenvalue weighted by atomic mass is 16.5. The molecule has 2 N–H and O–H groups in total. The number of urea groups is 1. The van der Waals surface area contributed by atoms with E-state index >= 15 is 0 Å². The number of benzene rings is 1. The average molecular weight is 475 g/mol. The van der Waals surface area contributed by atoms with Gasteiger partial charge in [-0.05, 0) is 44.4 Å². The van der Waals surface area contributed by atoms with Crippen molar-refractivity contribution >= 4 is 23.5 Å². The van der Waals surface area contributed by atoms with Crippen LogP contribution < -0.4 is 15.4 Å². The van der Waals surface area contributed by atoms with Crippen molar-refractivity contribution < 1.29 is 23.9 Å². The number of fused-ring (bicyclic) bond motifs is 1. The normalized spacial score (nSPS) is 23.8. The Morgan fingerprint density at radius 1 is 1.21 bits per heavy atom. The SMILES string of the molecule is CCCNC(=O)Nc1ccc2c(c1)C(=O)N(C)C[C@@H](OC)[C@H](C)CN(C(=O)C1CC1)[C@H](C)CO2. The molecule has 0 bridgehead atoms. The van der Waals surface area contributed by atoms with Gasteiger partial charge in [0.25, 0.3) is 5.91 Å². The molecular weight excluding hydrogens is 436 g/mol. The zero-order chi connectivity index (χ0) is 24.8. The van der Waals surface area contributed by atoms with Gasteiger partial charge in [-0.3, -0.25) is 9.59 Å². The van der Waals surface area contributed by atoms with E-state index < -0.39 is 0 Å². The maximum atomic E-state index is 13.4. The van der Waals surface area contributed by atoms with Crippen molar-refractivity contribution in [1.29, 1.82) is 0 Å². The molecule has 1 aromatic rings. The van der Waals surface area contributed by atoms with E-state index in [9.17, 15) is 14.4 Å². The van der Waals surface area contributed by atoms with Gasteiger partial charge in [0, 0.05) is 51.3 Å². The molecule has 1 aromatic carbocycles. The van der Waals surface area contributed by atoms with E-state index in [0.717, 1.165) is 19.3 Å². The molecule has 34 heavy (non-hydrogen) atoms. The second kappa shape index (κ2) is 11.6. The fourth-order valence-electron chi connectivity index (χ4n) is 4.14. The zero-order valence-electron chi connectivity index (χ0n) is 20.9. The van der Waals surface area contributed by atoms with Gasteiger partial charge in [0.2, 0.25) is 5.91 Å². The summed E-state index contributed by atoms with van der Waals surface area (Å²) in [5, 5.41) is 5.53. The van der Waals surface area contributed by atoms with Crippen LogP contribution in [0.2, 0.25) is 0 Å². The second-order valence-electron chi connectivity index (χ2n) is 9.45. The third-order valence-corrected chi connectivity index (χ3v) is 6.45. The minimum absolute atomic E-state index is 0.0274. The number of hydrogen-bond donors (Lipinski definition) is 2. The maximum absolute atomic E-state index is 13.4. The standard InChI is InChI=1S/C25H38N4O5/c1-6-11-26-25(32)27-19-9-10-21-20(12-19)24(31)28(4)14-22(33-5)16(2)13-29(17(3)15-34-21)23(30)18-7-8-18/h9-10,12,16-18,22H,6-8,11,13-15H2,1-5H3,(H2,26,27,32)/t16-,17-,22-/m1/s1. The Morgan fingerprint density at radius 3 is 2.59 bits per heavy atom. The van der Waals surface area contributed by atoms with E-state index in [1.54, 1.807) is 37.3 Å². The largest absolute Gasteiger partial charge is 0.491 e. The average Bonchev–Trinajstić information content (AvgIpc) is 3.67. The summed E-state index contributed by atoms with van der Waals surface area (Å²) in [4.78, 5) is 42.0. The lowest BCUT2D eigenvalue weighted by Gasteiger charge is -2.36. The smallest absolute Gasteiger partial charge is 0.319 e. The second-order valence-corrected chi connectivity index (χ2v) is 9.45. The van der Waals surface area contributed by atoms with Crippen molar-refractivity contribution in [1.82, 2.24) is 15.1 Å². The van der Waals surface area contributed by atoms with Crippen LogP contribution in [0.5, 0.6) is 5.75 Å². The molecule has 3 atom stereocenters. The van der Waals surface area contributed by atoms with Gasteiger partial charge in [0.15, 0.2) is 0 Å².